The Kier molecular flexibility index (Phi) is 5.90. The fourth-order valence-corrected chi connectivity index (χ4v) is 2.33. The summed E-state index contributed by atoms with van der Waals surface area (Å²) in [5, 5.41) is 3.21. The van der Waals surface area contributed by atoms with Crippen molar-refractivity contribution in [2.45, 2.75) is 45.6 Å². The fourth-order valence-electron chi connectivity index (χ4n) is 2.33. The molecule has 1 atom stereocenters. The van der Waals surface area contributed by atoms with E-state index in [1.165, 1.54) is 24.8 Å². The van der Waals surface area contributed by atoms with Gasteiger partial charge in [-0.15, -0.1) is 0 Å². The van der Waals surface area contributed by atoms with Gasteiger partial charge >= 0.3 is 0 Å². The number of benzene rings is 1. The Morgan fingerprint density at radius 2 is 2.29 bits per heavy atom. The lowest BCUT2D eigenvalue weighted by Crippen LogP contribution is -2.38. The molecule has 0 radical (unpaired) electrons. The zero-order valence-electron chi connectivity index (χ0n) is 13.1. The van der Waals surface area contributed by atoms with Crippen molar-refractivity contribution in [2.75, 3.05) is 13.1 Å². The van der Waals surface area contributed by atoms with Crippen LogP contribution in [-0.4, -0.2) is 25.2 Å². The van der Waals surface area contributed by atoms with Gasteiger partial charge in [-0.05, 0) is 49.8 Å². The van der Waals surface area contributed by atoms with Crippen molar-refractivity contribution in [3.8, 4) is 5.75 Å². The Morgan fingerprint density at radius 1 is 1.48 bits per heavy atom. The number of guanidine groups is 1. The summed E-state index contributed by atoms with van der Waals surface area (Å²) >= 11 is 0. The van der Waals surface area contributed by atoms with E-state index in [2.05, 4.69) is 30.2 Å². The van der Waals surface area contributed by atoms with Crippen LogP contribution in [0.5, 0.6) is 5.75 Å². The molecule has 0 bridgehead atoms. The van der Waals surface area contributed by atoms with E-state index in [1.807, 2.05) is 18.2 Å². The third-order valence-electron chi connectivity index (χ3n) is 4.01. The first-order valence-electron chi connectivity index (χ1n) is 7.94. The van der Waals surface area contributed by atoms with Gasteiger partial charge < -0.3 is 15.8 Å². The van der Waals surface area contributed by atoms with Crippen molar-refractivity contribution in [1.82, 2.24) is 5.32 Å². The summed E-state index contributed by atoms with van der Waals surface area (Å²) in [6.07, 6.45) is 4.96. The van der Waals surface area contributed by atoms with Crippen LogP contribution in [0.15, 0.2) is 29.3 Å². The molecule has 1 unspecified atom stereocenters. The van der Waals surface area contributed by atoms with Crippen LogP contribution in [-0.2, 0) is 0 Å². The van der Waals surface area contributed by atoms with E-state index in [0.29, 0.717) is 12.5 Å². The molecule has 2 rings (SSSR count). The minimum Gasteiger partial charge on any atom is -0.489 e. The van der Waals surface area contributed by atoms with Gasteiger partial charge in [0, 0.05) is 6.54 Å². The summed E-state index contributed by atoms with van der Waals surface area (Å²) < 4.78 is 5.96. The first-order valence-corrected chi connectivity index (χ1v) is 7.94. The second-order valence-corrected chi connectivity index (χ2v) is 5.87. The number of rotatable bonds is 7. The number of hydrogen-bond donors (Lipinski definition) is 2. The molecule has 3 N–H and O–H groups in total. The highest BCUT2D eigenvalue weighted by Gasteiger charge is 2.17. The Bertz CT molecular complexity index is 469. The highest BCUT2D eigenvalue weighted by molar-refractivity contribution is 5.77. The van der Waals surface area contributed by atoms with Crippen molar-refractivity contribution >= 4 is 5.96 Å². The smallest absolute Gasteiger partial charge is 0.188 e. The predicted molar refractivity (Wildman–Crippen MR) is 87.7 cm³/mol. The molecule has 0 spiro atoms. The van der Waals surface area contributed by atoms with Gasteiger partial charge in [0.05, 0.1) is 6.54 Å². The van der Waals surface area contributed by atoms with E-state index in [-0.39, 0.29) is 6.10 Å². The summed E-state index contributed by atoms with van der Waals surface area (Å²) in [6, 6.07) is 8.10. The van der Waals surface area contributed by atoms with Crippen LogP contribution in [0.25, 0.3) is 0 Å². The maximum atomic E-state index is 5.96. The Morgan fingerprint density at radius 3 is 2.90 bits per heavy atom. The zero-order valence-corrected chi connectivity index (χ0v) is 13.1. The van der Waals surface area contributed by atoms with E-state index in [0.717, 1.165) is 24.6 Å². The average molecular weight is 289 g/mol. The van der Waals surface area contributed by atoms with Crippen LogP contribution < -0.4 is 15.8 Å². The lowest BCUT2D eigenvalue weighted by molar-refractivity contribution is 0.205. The molecular formula is C17H27N3O. The van der Waals surface area contributed by atoms with Gasteiger partial charge in [-0.3, -0.25) is 0 Å². The SMILES string of the molecule is CCC(CN=C(N)NCC1CCC1)Oc1cccc(C)c1. The first-order chi connectivity index (χ1) is 10.2. The summed E-state index contributed by atoms with van der Waals surface area (Å²) in [5.41, 5.74) is 7.11. The molecule has 0 aliphatic heterocycles. The molecular weight excluding hydrogens is 262 g/mol. The molecule has 1 aliphatic carbocycles. The number of aryl methyl sites for hydroxylation is 1. The molecule has 1 aliphatic rings. The Hall–Kier alpha value is -1.71. The van der Waals surface area contributed by atoms with Gasteiger partial charge in [0.2, 0.25) is 0 Å². The monoisotopic (exact) mass is 289 g/mol. The summed E-state index contributed by atoms with van der Waals surface area (Å²) in [6.45, 7) is 5.71. The molecule has 4 heteroatoms. The quantitative estimate of drug-likeness (QED) is 0.599. The number of nitrogens with two attached hydrogens (primary N) is 1. The molecule has 116 valence electrons. The molecule has 1 fully saturated rings. The van der Waals surface area contributed by atoms with Gasteiger partial charge in [0.1, 0.15) is 11.9 Å². The number of aliphatic imine (C=N–C) groups is 1. The zero-order chi connectivity index (χ0) is 15.1. The average Bonchev–Trinajstić information content (AvgIpc) is 2.41. The van der Waals surface area contributed by atoms with E-state index < -0.39 is 0 Å². The van der Waals surface area contributed by atoms with Crippen LogP contribution in [0.4, 0.5) is 0 Å². The number of nitrogens with zero attached hydrogens (tertiary/aromatic N) is 1. The molecule has 0 aromatic heterocycles. The number of nitrogens with one attached hydrogen (secondary N) is 1. The summed E-state index contributed by atoms with van der Waals surface area (Å²) in [7, 11) is 0. The van der Waals surface area contributed by atoms with Gasteiger partial charge in [0.25, 0.3) is 0 Å². The highest BCUT2D eigenvalue weighted by atomic mass is 16.5. The molecule has 1 aromatic carbocycles. The molecule has 1 aromatic rings. The van der Waals surface area contributed by atoms with Crippen molar-refractivity contribution in [3.05, 3.63) is 29.8 Å². The van der Waals surface area contributed by atoms with Crippen LogP contribution in [0.3, 0.4) is 0 Å². The lowest BCUT2D eigenvalue weighted by Gasteiger charge is -2.25. The van der Waals surface area contributed by atoms with Crippen LogP contribution >= 0.6 is 0 Å². The molecule has 1 saturated carbocycles. The topological polar surface area (TPSA) is 59.6 Å². The summed E-state index contributed by atoms with van der Waals surface area (Å²) in [5.74, 6) is 2.22. The molecule has 0 heterocycles. The summed E-state index contributed by atoms with van der Waals surface area (Å²) in [4.78, 5) is 4.40. The largest absolute Gasteiger partial charge is 0.489 e. The maximum absolute atomic E-state index is 5.96. The van der Waals surface area contributed by atoms with Gasteiger partial charge in [-0.25, -0.2) is 4.99 Å². The van der Waals surface area contributed by atoms with Crippen LogP contribution in [0.2, 0.25) is 0 Å². The van der Waals surface area contributed by atoms with Crippen molar-refractivity contribution in [1.29, 1.82) is 0 Å². The van der Waals surface area contributed by atoms with E-state index in [9.17, 15) is 0 Å². The second-order valence-electron chi connectivity index (χ2n) is 5.87. The fraction of sp³-hybridized carbons (Fsp3) is 0.588. The third kappa shape index (κ3) is 5.29. The maximum Gasteiger partial charge on any atom is 0.188 e. The third-order valence-corrected chi connectivity index (χ3v) is 4.01. The standard InChI is InChI=1S/C17H27N3O/c1-3-15(21-16-9-4-6-13(2)10-16)12-20-17(18)19-11-14-7-5-8-14/h4,6,9-10,14-15H,3,5,7-8,11-12H2,1-2H3,(H3,18,19,20). The van der Waals surface area contributed by atoms with E-state index >= 15 is 0 Å². The van der Waals surface area contributed by atoms with E-state index in [4.69, 9.17) is 10.5 Å². The molecule has 0 amide bonds. The molecule has 4 nitrogen and oxygen atoms in total. The predicted octanol–water partition coefficient (Wildman–Crippen LogP) is 2.86. The second kappa shape index (κ2) is 7.91. The van der Waals surface area contributed by atoms with Crippen LogP contribution in [0, 0.1) is 12.8 Å². The minimum absolute atomic E-state index is 0.0656. The van der Waals surface area contributed by atoms with Crippen molar-refractivity contribution in [2.24, 2.45) is 16.6 Å². The van der Waals surface area contributed by atoms with Gasteiger partial charge in [-0.1, -0.05) is 25.5 Å². The van der Waals surface area contributed by atoms with Gasteiger partial charge in [-0.2, -0.15) is 0 Å². The van der Waals surface area contributed by atoms with E-state index in [1.54, 1.807) is 0 Å². The first kappa shape index (κ1) is 15.7. The van der Waals surface area contributed by atoms with Crippen LogP contribution in [0.1, 0.15) is 38.2 Å². The minimum atomic E-state index is 0.0656. The molecule has 0 saturated heterocycles. The normalized spacial score (nSPS) is 17.1. The molecule has 21 heavy (non-hydrogen) atoms. The highest BCUT2D eigenvalue weighted by Crippen LogP contribution is 2.25. The number of hydrogen-bond acceptors (Lipinski definition) is 2. The van der Waals surface area contributed by atoms with Gasteiger partial charge in [0.15, 0.2) is 5.96 Å². The Labute approximate surface area is 127 Å². The Balaban J connectivity index is 1.77. The van der Waals surface area contributed by atoms with Crippen molar-refractivity contribution in [3.63, 3.8) is 0 Å². The lowest BCUT2D eigenvalue weighted by atomic mass is 9.85. The number of ether oxygens (including phenoxy) is 1. The van der Waals surface area contributed by atoms with Crippen molar-refractivity contribution < 1.29 is 4.74 Å².